The van der Waals surface area contributed by atoms with E-state index >= 15 is 0 Å². The molecule has 1 amide bonds. The van der Waals surface area contributed by atoms with Gasteiger partial charge in [0, 0.05) is 43.5 Å². The van der Waals surface area contributed by atoms with Crippen LogP contribution in [0, 0.1) is 11.7 Å². The molecule has 1 N–H and O–H groups in total. The predicted octanol–water partition coefficient (Wildman–Crippen LogP) is 5.37. The topological polar surface area (TPSA) is 84.3 Å². The summed E-state index contributed by atoms with van der Waals surface area (Å²) in [5.74, 6) is 0.120. The van der Waals surface area contributed by atoms with Crippen molar-refractivity contribution in [1.29, 1.82) is 0 Å². The van der Waals surface area contributed by atoms with Crippen LogP contribution in [0.4, 0.5) is 14.5 Å². The van der Waals surface area contributed by atoms with Crippen LogP contribution in [-0.2, 0) is 34.8 Å². The van der Waals surface area contributed by atoms with Crippen molar-refractivity contribution in [2.24, 2.45) is 13.0 Å². The number of hydrogen-bond donors (Lipinski definition) is 1. The number of rotatable bonds is 8. The molecule has 3 aliphatic rings. The zero-order chi connectivity index (χ0) is 28.7. The molecule has 0 radical (unpaired) electrons. The molecule has 1 heterocycles. The lowest BCUT2D eigenvalue weighted by molar-refractivity contribution is -0.120. The van der Waals surface area contributed by atoms with Gasteiger partial charge in [-0.25, -0.2) is 26.9 Å². The van der Waals surface area contributed by atoms with Crippen molar-refractivity contribution in [2.45, 2.75) is 56.8 Å². The van der Waals surface area contributed by atoms with E-state index in [1.807, 2.05) is 36.0 Å². The van der Waals surface area contributed by atoms with Crippen molar-refractivity contribution in [3.8, 4) is 0 Å². The summed E-state index contributed by atoms with van der Waals surface area (Å²) in [5.41, 5.74) is 3.44. The number of nitrogens with zero attached hydrogens (tertiary/aromatic N) is 3. The van der Waals surface area contributed by atoms with Gasteiger partial charge in [-0.2, -0.15) is 0 Å². The van der Waals surface area contributed by atoms with Gasteiger partial charge in [0.1, 0.15) is 17.8 Å². The van der Waals surface area contributed by atoms with Gasteiger partial charge in [-0.3, -0.25) is 4.79 Å². The van der Waals surface area contributed by atoms with Crippen LogP contribution in [0.3, 0.4) is 0 Å². The number of fused-ring (bicyclic) bond motifs is 1. The lowest BCUT2D eigenvalue weighted by Crippen LogP contribution is -2.35. The zero-order valence-electron chi connectivity index (χ0n) is 22.7. The first-order valence-corrected chi connectivity index (χ1v) is 15.4. The summed E-state index contributed by atoms with van der Waals surface area (Å²) in [6.07, 6.45) is 9.10. The van der Waals surface area contributed by atoms with Crippen molar-refractivity contribution >= 4 is 21.6 Å². The Balaban J connectivity index is 1.30. The molecule has 0 spiro atoms. The SMILES string of the molecule is Cn1ccnc1CN(C(=O)[C@H]1C[C@@H]1c1ccc(F)cc1)c1ccc2c(c1)[C@@H](NS(=O)(=O)C1=CC=CC(F)C1)CCC2. The number of nitrogens with one attached hydrogen (secondary N) is 1. The second kappa shape index (κ2) is 11.0. The van der Waals surface area contributed by atoms with Crippen molar-refractivity contribution < 1.29 is 22.0 Å². The highest BCUT2D eigenvalue weighted by Crippen LogP contribution is 2.49. The highest BCUT2D eigenvalue weighted by atomic mass is 32.2. The maximum Gasteiger partial charge on any atom is 0.237 e. The van der Waals surface area contributed by atoms with Crippen LogP contribution in [0.5, 0.6) is 0 Å². The number of carbonyl (C=O) groups is 1. The second-order valence-corrected chi connectivity index (χ2v) is 12.8. The average molecular weight is 579 g/mol. The van der Waals surface area contributed by atoms with Crippen LogP contribution in [0.15, 0.2) is 78.0 Å². The molecule has 1 aromatic heterocycles. The van der Waals surface area contributed by atoms with Crippen LogP contribution in [-0.4, -0.2) is 30.0 Å². The molecule has 0 saturated heterocycles. The van der Waals surface area contributed by atoms with E-state index < -0.39 is 22.2 Å². The number of amides is 1. The molecule has 214 valence electrons. The number of aryl methyl sites for hydroxylation is 2. The molecule has 3 aromatic rings. The summed E-state index contributed by atoms with van der Waals surface area (Å²) < 4.78 is 58.5. The van der Waals surface area contributed by atoms with Crippen molar-refractivity contribution in [2.75, 3.05) is 4.90 Å². The van der Waals surface area contributed by atoms with Gasteiger partial charge in [0.15, 0.2) is 0 Å². The van der Waals surface area contributed by atoms with E-state index in [2.05, 4.69) is 9.71 Å². The summed E-state index contributed by atoms with van der Waals surface area (Å²) in [5, 5.41) is 0. The molecule has 6 rings (SSSR count). The Labute approximate surface area is 238 Å². The summed E-state index contributed by atoms with van der Waals surface area (Å²) in [4.78, 5) is 20.1. The maximum absolute atomic E-state index is 14.0. The molecule has 0 bridgehead atoms. The van der Waals surface area contributed by atoms with E-state index in [1.54, 1.807) is 23.2 Å². The number of sulfonamides is 1. The minimum atomic E-state index is -3.90. The van der Waals surface area contributed by atoms with Gasteiger partial charge in [0.25, 0.3) is 0 Å². The smallest absolute Gasteiger partial charge is 0.237 e. The normalized spacial score (nSPS) is 23.5. The second-order valence-electron chi connectivity index (χ2n) is 11.1. The number of hydrogen-bond acceptors (Lipinski definition) is 4. The fourth-order valence-electron chi connectivity index (χ4n) is 5.88. The molecule has 1 saturated carbocycles. The minimum Gasteiger partial charge on any atom is -0.337 e. The molecule has 0 aliphatic heterocycles. The van der Waals surface area contributed by atoms with E-state index in [9.17, 15) is 22.0 Å². The summed E-state index contributed by atoms with van der Waals surface area (Å²) in [7, 11) is -2.03. The first-order valence-electron chi connectivity index (χ1n) is 13.9. The number of anilines is 1. The molecule has 7 nitrogen and oxygen atoms in total. The number of benzene rings is 2. The lowest BCUT2D eigenvalue weighted by Gasteiger charge is -2.30. The molecule has 1 unspecified atom stereocenters. The number of carbonyl (C=O) groups excluding carboxylic acids is 1. The molecule has 41 heavy (non-hydrogen) atoms. The van der Waals surface area contributed by atoms with Gasteiger partial charge in [0.2, 0.25) is 15.9 Å². The van der Waals surface area contributed by atoms with E-state index in [-0.39, 0.29) is 41.4 Å². The Morgan fingerprint density at radius 1 is 1.20 bits per heavy atom. The zero-order valence-corrected chi connectivity index (χ0v) is 23.5. The lowest BCUT2D eigenvalue weighted by atomic mass is 9.87. The molecular weight excluding hydrogens is 546 g/mol. The fraction of sp³-hybridized carbons (Fsp3) is 0.355. The monoisotopic (exact) mass is 578 g/mol. The first-order chi connectivity index (χ1) is 19.7. The van der Waals surface area contributed by atoms with E-state index in [0.29, 0.717) is 24.4 Å². The van der Waals surface area contributed by atoms with Crippen LogP contribution >= 0.6 is 0 Å². The van der Waals surface area contributed by atoms with Gasteiger partial charge in [0.05, 0.1) is 11.4 Å². The van der Waals surface area contributed by atoms with Gasteiger partial charge in [-0.05, 0) is 78.6 Å². The van der Waals surface area contributed by atoms with E-state index in [0.717, 1.165) is 29.5 Å². The van der Waals surface area contributed by atoms with Crippen molar-refractivity contribution in [1.82, 2.24) is 14.3 Å². The molecule has 2 aromatic carbocycles. The number of aromatic nitrogens is 2. The number of allylic oxidation sites excluding steroid dienone is 4. The quantitative estimate of drug-likeness (QED) is 0.389. The summed E-state index contributed by atoms with van der Waals surface area (Å²) in [6.45, 7) is 0.251. The van der Waals surface area contributed by atoms with Gasteiger partial charge < -0.3 is 9.47 Å². The third-order valence-electron chi connectivity index (χ3n) is 8.29. The van der Waals surface area contributed by atoms with E-state index in [4.69, 9.17) is 0 Å². The minimum absolute atomic E-state index is 0.0151. The molecule has 3 aliphatic carbocycles. The van der Waals surface area contributed by atoms with Crippen molar-refractivity contribution in [3.05, 3.63) is 106 Å². The van der Waals surface area contributed by atoms with Gasteiger partial charge in [-0.1, -0.05) is 30.4 Å². The van der Waals surface area contributed by atoms with E-state index in [1.165, 1.54) is 30.4 Å². The standard InChI is InChI=1S/C31H32F2N4O3S/c1-36-15-14-34-30(36)19-37(31(38)28-18-26(28)21-8-11-22(32)12-9-21)24-13-10-20-4-2-7-29(27(20)17-24)35-41(39,40)25-6-3-5-23(33)16-25/h3,5-6,8-15,17,23,26,28-29,35H,2,4,7,16,18-19H2,1H3/t23?,26-,28+,29+/m1/s1. The molecule has 1 fully saturated rings. The fourth-order valence-corrected chi connectivity index (χ4v) is 7.29. The van der Waals surface area contributed by atoms with Crippen LogP contribution < -0.4 is 9.62 Å². The molecule has 4 atom stereocenters. The van der Waals surface area contributed by atoms with Crippen LogP contribution in [0.1, 0.15) is 60.2 Å². The highest BCUT2D eigenvalue weighted by molar-refractivity contribution is 7.93. The summed E-state index contributed by atoms with van der Waals surface area (Å²) in [6, 6.07) is 11.6. The number of alkyl halides is 1. The third kappa shape index (κ3) is 5.76. The van der Waals surface area contributed by atoms with Crippen LogP contribution in [0.2, 0.25) is 0 Å². The summed E-state index contributed by atoms with van der Waals surface area (Å²) >= 11 is 0. The predicted molar refractivity (Wildman–Crippen MR) is 153 cm³/mol. The largest absolute Gasteiger partial charge is 0.337 e. The van der Waals surface area contributed by atoms with Crippen LogP contribution in [0.25, 0.3) is 0 Å². The molecule has 10 heteroatoms. The van der Waals surface area contributed by atoms with Gasteiger partial charge in [-0.15, -0.1) is 0 Å². The maximum atomic E-state index is 14.0. The molecular formula is C31H32F2N4O3S. The Kier molecular flexibility index (Phi) is 7.37. The Bertz CT molecular complexity index is 1630. The highest BCUT2D eigenvalue weighted by Gasteiger charge is 2.46. The Morgan fingerprint density at radius 3 is 2.73 bits per heavy atom. The number of halogens is 2. The number of imidazole rings is 1. The Morgan fingerprint density at radius 2 is 2.00 bits per heavy atom. The van der Waals surface area contributed by atoms with Gasteiger partial charge >= 0.3 is 0 Å². The Hall–Kier alpha value is -3.63. The first kappa shape index (κ1) is 27.5. The van der Waals surface area contributed by atoms with Crippen molar-refractivity contribution in [3.63, 3.8) is 0 Å². The third-order valence-corrected chi connectivity index (χ3v) is 9.88. The average Bonchev–Trinajstić information content (AvgIpc) is 3.66.